The van der Waals surface area contributed by atoms with E-state index in [0.29, 0.717) is 0 Å². The van der Waals surface area contributed by atoms with Crippen LogP contribution in [0.2, 0.25) is 0 Å². The van der Waals surface area contributed by atoms with E-state index in [4.69, 9.17) is 0 Å². The fraction of sp³-hybridized carbons (Fsp3) is 0.267. The van der Waals surface area contributed by atoms with Gasteiger partial charge in [-0.05, 0) is 53.0 Å². The average molecular weight is 351 g/mol. The summed E-state index contributed by atoms with van der Waals surface area (Å²) < 4.78 is 1.12. The number of hydrogen-bond donors (Lipinski definition) is 2. The van der Waals surface area contributed by atoms with Crippen molar-refractivity contribution in [2.75, 3.05) is 10.6 Å². The van der Waals surface area contributed by atoms with E-state index in [1.807, 2.05) is 24.3 Å². The molecule has 0 unspecified atom stereocenters. The molecule has 1 aliphatic carbocycles. The minimum Gasteiger partial charge on any atom is -0.380 e. The zero-order valence-electron chi connectivity index (χ0n) is 10.9. The summed E-state index contributed by atoms with van der Waals surface area (Å²) in [5.74, 6) is 0.374. The van der Waals surface area contributed by atoms with E-state index in [0.717, 1.165) is 35.2 Å². The van der Waals surface area contributed by atoms with Crippen molar-refractivity contribution in [3.8, 4) is 0 Å². The highest BCUT2D eigenvalue weighted by Gasteiger charge is 2.29. The molecule has 1 aliphatic rings. The fourth-order valence-corrected chi connectivity index (χ4v) is 3.32. The van der Waals surface area contributed by atoms with Crippen molar-refractivity contribution in [1.82, 2.24) is 0 Å². The van der Waals surface area contributed by atoms with Crippen molar-refractivity contribution in [3.63, 3.8) is 0 Å². The number of hydrogen-bond acceptors (Lipinski definition) is 3. The van der Waals surface area contributed by atoms with Crippen molar-refractivity contribution in [2.24, 2.45) is 5.92 Å². The van der Waals surface area contributed by atoms with Gasteiger partial charge in [-0.25, -0.2) is 0 Å². The van der Waals surface area contributed by atoms with E-state index in [1.54, 1.807) is 11.3 Å². The zero-order valence-corrected chi connectivity index (χ0v) is 13.3. The molecular formula is C15H15BrN2OS. The third-order valence-corrected chi connectivity index (χ3v) is 4.86. The number of thiophene rings is 1. The zero-order chi connectivity index (χ0) is 13.9. The number of halogens is 1. The van der Waals surface area contributed by atoms with Crippen LogP contribution in [-0.4, -0.2) is 5.91 Å². The predicted octanol–water partition coefficient (Wildman–Crippen LogP) is 4.47. The molecule has 5 heteroatoms. The molecule has 1 aromatic carbocycles. The van der Waals surface area contributed by atoms with Gasteiger partial charge in [-0.15, -0.1) is 11.3 Å². The molecular weight excluding hydrogens is 336 g/mol. The first-order valence-electron chi connectivity index (χ1n) is 6.58. The number of benzene rings is 1. The third kappa shape index (κ3) is 3.61. The molecule has 104 valence electrons. The second-order valence-electron chi connectivity index (χ2n) is 4.93. The summed E-state index contributed by atoms with van der Waals surface area (Å²) in [5, 5.41) is 8.41. The predicted molar refractivity (Wildman–Crippen MR) is 87.1 cm³/mol. The van der Waals surface area contributed by atoms with Crippen LogP contribution in [0.3, 0.4) is 0 Å². The van der Waals surface area contributed by atoms with E-state index in [9.17, 15) is 4.79 Å². The molecule has 0 aliphatic heterocycles. The van der Waals surface area contributed by atoms with Crippen LogP contribution in [0.4, 0.5) is 11.4 Å². The first kappa shape index (κ1) is 13.6. The van der Waals surface area contributed by atoms with E-state index >= 15 is 0 Å². The van der Waals surface area contributed by atoms with E-state index in [-0.39, 0.29) is 11.8 Å². The second kappa shape index (κ2) is 5.97. The van der Waals surface area contributed by atoms with E-state index in [1.165, 1.54) is 4.88 Å². The van der Waals surface area contributed by atoms with Gasteiger partial charge in [0.25, 0.3) is 0 Å². The van der Waals surface area contributed by atoms with Crippen LogP contribution in [0.5, 0.6) is 0 Å². The van der Waals surface area contributed by atoms with Crippen LogP contribution in [0.15, 0.2) is 40.2 Å². The highest BCUT2D eigenvalue weighted by atomic mass is 79.9. The lowest BCUT2D eigenvalue weighted by Crippen LogP contribution is -2.13. The molecule has 0 radical (unpaired) electrons. The Kier molecular flexibility index (Phi) is 4.08. The molecule has 0 bridgehead atoms. The quantitative estimate of drug-likeness (QED) is 0.834. The maximum atomic E-state index is 11.7. The Bertz CT molecular complexity index is 622. The molecule has 20 heavy (non-hydrogen) atoms. The van der Waals surface area contributed by atoms with Gasteiger partial charge < -0.3 is 10.6 Å². The van der Waals surface area contributed by atoms with Gasteiger partial charge in [0.15, 0.2) is 0 Å². The van der Waals surface area contributed by atoms with Gasteiger partial charge in [0.1, 0.15) is 0 Å². The Hall–Kier alpha value is -1.33. The summed E-state index contributed by atoms with van der Waals surface area (Å²) in [7, 11) is 0. The first-order valence-corrected chi connectivity index (χ1v) is 8.26. The lowest BCUT2D eigenvalue weighted by molar-refractivity contribution is -0.117. The van der Waals surface area contributed by atoms with Crippen molar-refractivity contribution in [3.05, 3.63) is 45.1 Å². The van der Waals surface area contributed by atoms with Crippen LogP contribution < -0.4 is 10.6 Å². The summed E-state index contributed by atoms with van der Waals surface area (Å²) in [6.07, 6.45) is 2.05. The van der Waals surface area contributed by atoms with Gasteiger partial charge in [-0.3, -0.25) is 4.79 Å². The number of rotatable bonds is 5. The minimum absolute atomic E-state index is 0.143. The van der Waals surface area contributed by atoms with Crippen LogP contribution in [0.1, 0.15) is 17.7 Å². The van der Waals surface area contributed by atoms with Crippen LogP contribution >= 0.6 is 27.3 Å². The highest BCUT2D eigenvalue weighted by molar-refractivity contribution is 9.10. The molecule has 0 spiro atoms. The first-order chi connectivity index (χ1) is 9.70. The lowest BCUT2D eigenvalue weighted by atomic mass is 10.2. The maximum absolute atomic E-state index is 11.7. The van der Waals surface area contributed by atoms with Gasteiger partial charge in [0.05, 0.1) is 0 Å². The second-order valence-corrected chi connectivity index (χ2v) is 6.84. The SMILES string of the molecule is O=C(Nc1cccc(NCc2cc(Br)cs2)c1)C1CC1. The number of anilines is 2. The fourth-order valence-electron chi connectivity index (χ4n) is 1.93. The molecule has 0 atom stereocenters. The number of nitrogens with one attached hydrogen (secondary N) is 2. The van der Waals surface area contributed by atoms with Crippen LogP contribution in [-0.2, 0) is 11.3 Å². The van der Waals surface area contributed by atoms with Crippen LogP contribution in [0, 0.1) is 5.92 Å². The van der Waals surface area contributed by atoms with Gasteiger partial charge in [0, 0.05) is 38.6 Å². The minimum atomic E-state index is 0.143. The third-order valence-electron chi connectivity index (χ3n) is 3.17. The topological polar surface area (TPSA) is 41.1 Å². The Morgan fingerprint density at radius 1 is 1.30 bits per heavy atom. The molecule has 1 fully saturated rings. The van der Waals surface area contributed by atoms with E-state index in [2.05, 4.69) is 38.0 Å². The van der Waals surface area contributed by atoms with Gasteiger partial charge in [-0.1, -0.05) is 6.07 Å². The summed E-state index contributed by atoms with van der Waals surface area (Å²) in [5.41, 5.74) is 1.88. The standard InChI is InChI=1S/C15H15BrN2OS/c16-11-6-14(20-9-11)8-17-12-2-1-3-13(7-12)18-15(19)10-4-5-10/h1-3,6-7,9-10,17H,4-5,8H2,(H,18,19). The Labute approximate surface area is 130 Å². The Morgan fingerprint density at radius 2 is 2.10 bits per heavy atom. The van der Waals surface area contributed by atoms with Crippen molar-refractivity contribution >= 4 is 44.5 Å². The summed E-state index contributed by atoms with van der Waals surface area (Å²) in [6, 6.07) is 9.97. The number of carbonyl (C=O) groups is 1. The molecule has 1 aromatic heterocycles. The highest BCUT2D eigenvalue weighted by Crippen LogP contribution is 2.30. The lowest BCUT2D eigenvalue weighted by Gasteiger charge is -2.08. The normalized spacial score (nSPS) is 14.1. The van der Waals surface area contributed by atoms with Gasteiger partial charge in [-0.2, -0.15) is 0 Å². The van der Waals surface area contributed by atoms with Crippen molar-refractivity contribution in [2.45, 2.75) is 19.4 Å². The molecule has 2 N–H and O–H groups in total. The molecule has 1 amide bonds. The largest absolute Gasteiger partial charge is 0.380 e. The number of carbonyl (C=O) groups excluding carboxylic acids is 1. The van der Waals surface area contributed by atoms with Crippen molar-refractivity contribution in [1.29, 1.82) is 0 Å². The average Bonchev–Trinajstić information content (AvgIpc) is 3.20. The van der Waals surface area contributed by atoms with E-state index < -0.39 is 0 Å². The molecule has 3 rings (SSSR count). The Balaban J connectivity index is 1.60. The monoisotopic (exact) mass is 350 g/mol. The van der Waals surface area contributed by atoms with Crippen LogP contribution in [0.25, 0.3) is 0 Å². The molecule has 2 aromatic rings. The summed E-state index contributed by atoms with van der Waals surface area (Å²) >= 11 is 5.17. The smallest absolute Gasteiger partial charge is 0.227 e. The molecule has 0 saturated heterocycles. The van der Waals surface area contributed by atoms with Gasteiger partial charge in [0.2, 0.25) is 5.91 Å². The Morgan fingerprint density at radius 3 is 2.80 bits per heavy atom. The van der Waals surface area contributed by atoms with Crippen molar-refractivity contribution < 1.29 is 4.79 Å². The summed E-state index contributed by atoms with van der Waals surface area (Å²) in [6.45, 7) is 0.788. The maximum Gasteiger partial charge on any atom is 0.227 e. The van der Waals surface area contributed by atoms with Gasteiger partial charge >= 0.3 is 0 Å². The molecule has 1 saturated carbocycles. The summed E-state index contributed by atoms with van der Waals surface area (Å²) in [4.78, 5) is 13.0. The number of amides is 1. The molecule has 3 nitrogen and oxygen atoms in total. The molecule has 1 heterocycles.